The van der Waals surface area contributed by atoms with Gasteiger partial charge < -0.3 is 4.74 Å². The summed E-state index contributed by atoms with van der Waals surface area (Å²) in [6.45, 7) is 0.675. The summed E-state index contributed by atoms with van der Waals surface area (Å²) in [6, 6.07) is 9.44. The number of alkyl halides is 1. The lowest BCUT2D eigenvalue weighted by atomic mass is 9.99. The van der Waals surface area contributed by atoms with Gasteiger partial charge in [0.1, 0.15) is 11.5 Å². The Hall–Kier alpha value is -0.860. The fraction of sp³-hybridized carbons (Fsp3) is 0.462. The number of carbonyl (C=O) groups excluding carboxylic acids is 1. The van der Waals surface area contributed by atoms with Crippen LogP contribution in [0.3, 0.4) is 0 Å². The Labute approximate surface area is 101 Å². The largest absolute Gasteiger partial charge is 0.370 e. The van der Waals surface area contributed by atoms with Gasteiger partial charge in [0.05, 0.1) is 0 Å². The molecule has 0 aromatic heterocycles. The van der Waals surface area contributed by atoms with Crippen LogP contribution in [0.1, 0.15) is 30.2 Å². The normalized spacial score (nSPS) is 22.7. The maximum Gasteiger partial charge on any atom is 0.183 e. The maximum absolute atomic E-state index is 12.0. The number of halogens is 1. The van der Waals surface area contributed by atoms with E-state index in [0.717, 1.165) is 24.8 Å². The molecule has 1 fully saturated rings. The number of rotatable bonds is 3. The summed E-state index contributed by atoms with van der Waals surface area (Å²) in [5, 5.41) is -0.579. The van der Waals surface area contributed by atoms with E-state index in [0.29, 0.717) is 6.61 Å². The lowest BCUT2D eigenvalue weighted by molar-refractivity contribution is -0.132. The van der Waals surface area contributed by atoms with Gasteiger partial charge >= 0.3 is 0 Å². The molecule has 2 atom stereocenters. The zero-order chi connectivity index (χ0) is 11.4. The monoisotopic (exact) mass is 238 g/mol. The topological polar surface area (TPSA) is 26.3 Å². The van der Waals surface area contributed by atoms with Crippen LogP contribution in [0.4, 0.5) is 0 Å². The van der Waals surface area contributed by atoms with E-state index in [1.54, 1.807) is 0 Å². The lowest BCUT2D eigenvalue weighted by Crippen LogP contribution is -2.30. The minimum absolute atomic E-state index is 0.00688. The van der Waals surface area contributed by atoms with Gasteiger partial charge in [0.25, 0.3) is 0 Å². The zero-order valence-corrected chi connectivity index (χ0v) is 9.82. The van der Waals surface area contributed by atoms with Crippen molar-refractivity contribution in [1.82, 2.24) is 0 Å². The molecule has 1 aromatic carbocycles. The summed E-state index contributed by atoms with van der Waals surface area (Å²) in [7, 11) is 0. The highest BCUT2D eigenvalue weighted by Gasteiger charge is 2.28. The predicted molar refractivity (Wildman–Crippen MR) is 63.6 cm³/mol. The molecule has 2 nitrogen and oxygen atoms in total. The third kappa shape index (κ3) is 2.63. The number of Topliss-reactive ketones (excluding diaryl/α,β-unsaturated/α-hetero) is 1. The molecule has 16 heavy (non-hydrogen) atoms. The second-order valence-electron chi connectivity index (χ2n) is 4.03. The average Bonchev–Trinajstić information content (AvgIpc) is 2.39. The van der Waals surface area contributed by atoms with E-state index in [2.05, 4.69) is 0 Å². The van der Waals surface area contributed by atoms with Crippen LogP contribution in [0.25, 0.3) is 0 Å². The summed E-state index contributed by atoms with van der Waals surface area (Å²) in [6.07, 6.45) is 2.59. The van der Waals surface area contributed by atoms with Gasteiger partial charge in [-0.25, -0.2) is 0 Å². The first-order valence-corrected chi connectivity index (χ1v) is 6.07. The molecule has 1 aliphatic rings. The molecule has 1 saturated heterocycles. The van der Waals surface area contributed by atoms with Crippen molar-refractivity contribution in [3.05, 3.63) is 35.9 Å². The van der Waals surface area contributed by atoms with Gasteiger partial charge in [-0.2, -0.15) is 0 Å². The molecular weight excluding hydrogens is 224 g/mol. The van der Waals surface area contributed by atoms with Gasteiger partial charge in [-0.05, 0) is 24.8 Å². The SMILES string of the molecule is O=C(C1CCCCO1)C(Cl)c1ccccc1. The first kappa shape index (κ1) is 11.6. The Morgan fingerprint density at radius 3 is 2.69 bits per heavy atom. The second kappa shape index (κ2) is 5.46. The third-order valence-corrected chi connectivity index (χ3v) is 3.31. The van der Waals surface area contributed by atoms with Crippen LogP contribution in [0.5, 0.6) is 0 Å². The van der Waals surface area contributed by atoms with Crippen molar-refractivity contribution in [3.8, 4) is 0 Å². The van der Waals surface area contributed by atoms with Crippen molar-refractivity contribution < 1.29 is 9.53 Å². The molecule has 2 rings (SSSR count). The van der Waals surface area contributed by atoms with Crippen molar-refractivity contribution in [2.75, 3.05) is 6.61 Å². The lowest BCUT2D eigenvalue weighted by Gasteiger charge is -2.23. The number of ether oxygens (including phenoxy) is 1. The molecule has 0 aliphatic carbocycles. The van der Waals surface area contributed by atoms with E-state index in [9.17, 15) is 4.79 Å². The molecule has 1 aromatic rings. The Kier molecular flexibility index (Phi) is 3.97. The maximum atomic E-state index is 12.0. The summed E-state index contributed by atoms with van der Waals surface area (Å²) in [5.74, 6) is -0.00688. The van der Waals surface area contributed by atoms with Crippen LogP contribution < -0.4 is 0 Å². The van der Waals surface area contributed by atoms with Gasteiger partial charge in [-0.1, -0.05) is 30.3 Å². The van der Waals surface area contributed by atoms with Crippen LogP contribution in [0, 0.1) is 0 Å². The summed E-state index contributed by atoms with van der Waals surface area (Å²) in [5.41, 5.74) is 0.850. The van der Waals surface area contributed by atoms with Gasteiger partial charge in [0, 0.05) is 6.61 Å². The van der Waals surface area contributed by atoms with Crippen LogP contribution in [0.2, 0.25) is 0 Å². The first-order chi connectivity index (χ1) is 7.79. The van der Waals surface area contributed by atoms with E-state index >= 15 is 0 Å². The van der Waals surface area contributed by atoms with Crippen molar-refractivity contribution >= 4 is 17.4 Å². The first-order valence-electron chi connectivity index (χ1n) is 5.63. The second-order valence-corrected chi connectivity index (χ2v) is 4.47. The third-order valence-electron chi connectivity index (χ3n) is 2.84. The van der Waals surface area contributed by atoms with Crippen LogP contribution in [-0.2, 0) is 9.53 Å². The minimum atomic E-state index is -0.579. The fourth-order valence-electron chi connectivity index (χ4n) is 1.91. The highest BCUT2D eigenvalue weighted by molar-refractivity contribution is 6.31. The van der Waals surface area contributed by atoms with Crippen molar-refractivity contribution in [3.63, 3.8) is 0 Å². The Morgan fingerprint density at radius 1 is 1.31 bits per heavy atom. The van der Waals surface area contributed by atoms with Crippen LogP contribution in [-0.4, -0.2) is 18.5 Å². The van der Waals surface area contributed by atoms with Crippen LogP contribution >= 0.6 is 11.6 Å². The van der Waals surface area contributed by atoms with Crippen molar-refractivity contribution in [2.24, 2.45) is 0 Å². The van der Waals surface area contributed by atoms with E-state index in [-0.39, 0.29) is 11.9 Å². The number of ketones is 1. The molecule has 0 amide bonds. The summed E-state index contributed by atoms with van der Waals surface area (Å²) >= 11 is 6.16. The summed E-state index contributed by atoms with van der Waals surface area (Å²) in [4.78, 5) is 12.0. The molecule has 1 aliphatic heterocycles. The van der Waals surface area contributed by atoms with Crippen molar-refractivity contribution in [1.29, 1.82) is 0 Å². The van der Waals surface area contributed by atoms with Gasteiger partial charge in [-0.3, -0.25) is 4.79 Å². The van der Waals surface area contributed by atoms with Gasteiger partial charge in [-0.15, -0.1) is 11.6 Å². The molecule has 2 unspecified atom stereocenters. The van der Waals surface area contributed by atoms with E-state index in [1.807, 2.05) is 30.3 Å². The molecule has 3 heteroatoms. The summed E-state index contributed by atoms with van der Waals surface area (Å²) < 4.78 is 5.45. The molecule has 0 bridgehead atoms. The van der Waals surface area contributed by atoms with E-state index < -0.39 is 5.38 Å². The molecule has 1 heterocycles. The molecule has 0 saturated carbocycles. The average molecular weight is 239 g/mol. The number of hydrogen-bond acceptors (Lipinski definition) is 2. The zero-order valence-electron chi connectivity index (χ0n) is 9.06. The van der Waals surface area contributed by atoms with Gasteiger partial charge in [0.15, 0.2) is 5.78 Å². The van der Waals surface area contributed by atoms with Gasteiger partial charge in [0.2, 0.25) is 0 Å². The standard InChI is InChI=1S/C13H15ClO2/c14-12(10-6-2-1-3-7-10)13(15)11-8-4-5-9-16-11/h1-3,6-7,11-12H,4-5,8-9H2. The molecule has 0 spiro atoms. The predicted octanol–water partition coefficient (Wildman–Crippen LogP) is 3.10. The molecule has 0 radical (unpaired) electrons. The number of hydrogen-bond donors (Lipinski definition) is 0. The Morgan fingerprint density at radius 2 is 2.06 bits per heavy atom. The van der Waals surface area contributed by atoms with E-state index in [4.69, 9.17) is 16.3 Å². The molecule has 86 valence electrons. The quantitative estimate of drug-likeness (QED) is 0.757. The fourth-order valence-corrected chi connectivity index (χ4v) is 2.20. The highest BCUT2D eigenvalue weighted by Crippen LogP contribution is 2.26. The Bertz CT molecular complexity index is 344. The smallest absolute Gasteiger partial charge is 0.183 e. The van der Waals surface area contributed by atoms with Crippen LogP contribution in [0.15, 0.2) is 30.3 Å². The molecular formula is C13H15ClO2. The highest BCUT2D eigenvalue weighted by atomic mass is 35.5. The molecule has 0 N–H and O–H groups in total. The Balaban J connectivity index is 2.04. The number of carbonyl (C=O) groups is 1. The van der Waals surface area contributed by atoms with Crippen molar-refractivity contribution in [2.45, 2.75) is 30.7 Å². The number of benzene rings is 1. The minimum Gasteiger partial charge on any atom is -0.370 e. The van der Waals surface area contributed by atoms with E-state index in [1.165, 1.54) is 0 Å².